The van der Waals surface area contributed by atoms with Crippen molar-refractivity contribution in [2.75, 3.05) is 37.0 Å². The molecule has 114 valence electrons. The van der Waals surface area contributed by atoms with Crippen LogP contribution in [0.1, 0.15) is 24.5 Å². The summed E-state index contributed by atoms with van der Waals surface area (Å²) in [5.74, 6) is -0.517. The molecule has 2 atom stereocenters. The van der Waals surface area contributed by atoms with E-state index in [0.717, 1.165) is 25.9 Å². The average Bonchev–Trinajstić information content (AvgIpc) is 2.74. The third kappa shape index (κ3) is 2.61. The summed E-state index contributed by atoms with van der Waals surface area (Å²) in [7, 11) is 1.67. The van der Waals surface area contributed by atoms with Crippen LogP contribution in [-0.2, 0) is 9.53 Å². The Balaban J connectivity index is 1.86. The number of methoxy groups -OCH3 is 1. The van der Waals surface area contributed by atoms with Gasteiger partial charge in [0.2, 0.25) is 0 Å². The summed E-state index contributed by atoms with van der Waals surface area (Å²) in [6, 6.07) is 2.88. The van der Waals surface area contributed by atoms with Crippen molar-refractivity contribution in [3.63, 3.8) is 0 Å². The van der Waals surface area contributed by atoms with E-state index in [1.165, 1.54) is 6.07 Å². The van der Waals surface area contributed by atoms with Crippen LogP contribution >= 0.6 is 0 Å². The van der Waals surface area contributed by atoms with Crippen molar-refractivity contribution in [1.82, 2.24) is 0 Å². The van der Waals surface area contributed by atoms with Gasteiger partial charge in [-0.25, -0.2) is 4.39 Å². The van der Waals surface area contributed by atoms with Gasteiger partial charge in [-0.15, -0.1) is 0 Å². The first-order valence-electron chi connectivity index (χ1n) is 7.16. The van der Waals surface area contributed by atoms with E-state index in [4.69, 9.17) is 4.74 Å². The van der Waals surface area contributed by atoms with Crippen LogP contribution in [-0.4, -0.2) is 37.8 Å². The van der Waals surface area contributed by atoms with E-state index in [1.54, 1.807) is 13.2 Å². The van der Waals surface area contributed by atoms with Crippen LogP contribution in [0.15, 0.2) is 12.1 Å². The van der Waals surface area contributed by atoms with Gasteiger partial charge in [-0.05, 0) is 30.9 Å². The number of nitrogens with one attached hydrogen (secondary N) is 1. The van der Waals surface area contributed by atoms with E-state index in [9.17, 15) is 14.3 Å². The van der Waals surface area contributed by atoms with E-state index in [2.05, 4.69) is 5.32 Å². The normalized spacial score (nSPS) is 24.9. The number of fused-ring (bicyclic) bond motifs is 1. The van der Waals surface area contributed by atoms with Crippen LogP contribution < -0.4 is 10.2 Å². The van der Waals surface area contributed by atoms with E-state index in [0.29, 0.717) is 29.5 Å². The molecule has 0 aromatic heterocycles. The van der Waals surface area contributed by atoms with Gasteiger partial charge in [0.05, 0.1) is 12.3 Å². The lowest BCUT2D eigenvalue weighted by atomic mass is 9.98. The molecule has 5 nitrogen and oxygen atoms in total. The highest BCUT2D eigenvalue weighted by molar-refractivity contribution is 6.02. The zero-order valence-corrected chi connectivity index (χ0v) is 11.9. The standard InChI is InChI=1S/C15H19FN2O3/c1-21-8-9-3-2-4-18(7-9)13-6-12-10(5-11(13)16)14(19)15(20)17-12/h5-6,9,14,19H,2-4,7-8H2,1H3,(H,17,20). The van der Waals surface area contributed by atoms with E-state index < -0.39 is 17.8 Å². The van der Waals surface area contributed by atoms with Gasteiger partial charge < -0.3 is 20.1 Å². The summed E-state index contributed by atoms with van der Waals surface area (Å²) >= 11 is 0. The number of nitrogens with zero attached hydrogens (tertiary/aromatic N) is 1. The molecule has 1 aromatic carbocycles. The number of carbonyl (C=O) groups excluding carboxylic acids is 1. The van der Waals surface area contributed by atoms with E-state index >= 15 is 0 Å². The topological polar surface area (TPSA) is 61.8 Å². The molecule has 1 saturated heterocycles. The van der Waals surface area contributed by atoms with Crippen LogP contribution in [0.3, 0.4) is 0 Å². The SMILES string of the molecule is COCC1CCCN(c2cc3c(cc2F)C(O)C(=O)N3)C1. The van der Waals surface area contributed by atoms with Gasteiger partial charge in [0, 0.05) is 31.5 Å². The monoisotopic (exact) mass is 294 g/mol. The molecule has 1 fully saturated rings. The number of aliphatic hydroxyl groups excluding tert-OH is 1. The Morgan fingerprint density at radius 2 is 2.33 bits per heavy atom. The van der Waals surface area contributed by atoms with Crippen LogP contribution in [0.5, 0.6) is 0 Å². The van der Waals surface area contributed by atoms with Gasteiger partial charge in [-0.3, -0.25) is 4.79 Å². The van der Waals surface area contributed by atoms with Crippen LogP contribution in [0.25, 0.3) is 0 Å². The quantitative estimate of drug-likeness (QED) is 0.890. The highest BCUT2D eigenvalue weighted by Crippen LogP contribution is 2.37. The van der Waals surface area contributed by atoms with Gasteiger partial charge in [0.15, 0.2) is 6.10 Å². The maximum atomic E-state index is 14.3. The third-order valence-corrected chi connectivity index (χ3v) is 4.18. The summed E-state index contributed by atoms with van der Waals surface area (Å²) in [6.45, 7) is 2.19. The predicted octanol–water partition coefficient (Wildman–Crippen LogP) is 1.67. The minimum Gasteiger partial charge on any atom is -0.384 e. The minimum absolute atomic E-state index is 0.312. The second-order valence-electron chi connectivity index (χ2n) is 5.69. The number of benzene rings is 1. The van der Waals surface area contributed by atoms with Crippen molar-refractivity contribution >= 4 is 17.3 Å². The van der Waals surface area contributed by atoms with Crippen molar-refractivity contribution in [1.29, 1.82) is 0 Å². The fourth-order valence-electron chi connectivity index (χ4n) is 3.15. The number of halogens is 1. The lowest BCUT2D eigenvalue weighted by molar-refractivity contribution is -0.123. The molecule has 2 aliphatic heterocycles. The zero-order chi connectivity index (χ0) is 15.0. The van der Waals surface area contributed by atoms with E-state index in [1.807, 2.05) is 4.90 Å². The minimum atomic E-state index is -1.27. The molecule has 2 N–H and O–H groups in total. The number of hydrogen-bond donors (Lipinski definition) is 2. The summed E-state index contributed by atoms with van der Waals surface area (Å²) in [6.07, 6.45) is 0.789. The summed E-state index contributed by atoms with van der Waals surface area (Å²) in [5, 5.41) is 12.3. The molecule has 21 heavy (non-hydrogen) atoms. The summed E-state index contributed by atoms with van der Waals surface area (Å²) in [5.41, 5.74) is 1.29. The molecule has 0 saturated carbocycles. The highest BCUT2D eigenvalue weighted by atomic mass is 19.1. The Morgan fingerprint density at radius 3 is 3.10 bits per heavy atom. The molecule has 0 radical (unpaired) electrons. The number of piperidine rings is 1. The number of carbonyl (C=O) groups is 1. The van der Waals surface area contributed by atoms with Crippen molar-refractivity contribution < 1.29 is 19.0 Å². The van der Waals surface area contributed by atoms with Gasteiger partial charge in [0.25, 0.3) is 5.91 Å². The lowest BCUT2D eigenvalue weighted by Crippen LogP contribution is -2.37. The molecule has 6 heteroatoms. The van der Waals surface area contributed by atoms with Crippen molar-refractivity contribution in [3.8, 4) is 0 Å². The second kappa shape index (κ2) is 5.61. The Kier molecular flexibility index (Phi) is 3.82. The number of amides is 1. The number of anilines is 2. The van der Waals surface area contributed by atoms with Crippen molar-refractivity contribution in [2.45, 2.75) is 18.9 Å². The maximum absolute atomic E-state index is 14.3. The molecular formula is C15H19FN2O3. The molecule has 0 aliphatic carbocycles. The van der Waals surface area contributed by atoms with Gasteiger partial charge in [0.1, 0.15) is 5.82 Å². The fourth-order valence-corrected chi connectivity index (χ4v) is 3.15. The average molecular weight is 294 g/mol. The molecule has 1 amide bonds. The summed E-state index contributed by atoms with van der Waals surface area (Å²) in [4.78, 5) is 13.4. The zero-order valence-electron chi connectivity index (χ0n) is 11.9. The first kappa shape index (κ1) is 14.3. The summed E-state index contributed by atoms with van der Waals surface area (Å²) < 4.78 is 19.5. The molecule has 1 aromatic rings. The van der Waals surface area contributed by atoms with Crippen molar-refractivity contribution in [3.05, 3.63) is 23.5 Å². The second-order valence-corrected chi connectivity index (χ2v) is 5.69. The van der Waals surface area contributed by atoms with Gasteiger partial charge in [-0.1, -0.05) is 0 Å². The molecular weight excluding hydrogens is 275 g/mol. The largest absolute Gasteiger partial charge is 0.384 e. The van der Waals surface area contributed by atoms with E-state index in [-0.39, 0.29) is 0 Å². The first-order valence-corrected chi connectivity index (χ1v) is 7.16. The first-order chi connectivity index (χ1) is 10.1. The number of ether oxygens (including phenoxy) is 1. The Bertz CT molecular complexity index is 562. The third-order valence-electron chi connectivity index (χ3n) is 4.18. The molecule has 2 heterocycles. The fraction of sp³-hybridized carbons (Fsp3) is 0.533. The Hall–Kier alpha value is -1.66. The Morgan fingerprint density at radius 1 is 1.52 bits per heavy atom. The number of aliphatic hydroxyl groups is 1. The predicted molar refractivity (Wildman–Crippen MR) is 76.8 cm³/mol. The van der Waals surface area contributed by atoms with Crippen molar-refractivity contribution in [2.24, 2.45) is 5.92 Å². The smallest absolute Gasteiger partial charge is 0.257 e. The highest BCUT2D eigenvalue weighted by Gasteiger charge is 2.31. The van der Waals surface area contributed by atoms with Crippen LogP contribution in [0.2, 0.25) is 0 Å². The van der Waals surface area contributed by atoms with Crippen LogP contribution in [0.4, 0.5) is 15.8 Å². The Labute approximate surface area is 122 Å². The molecule has 3 rings (SSSR count). The van der Waals surface area contributed by atoms with Gasteiger partial charge in [-0.2, -0.15) is 0 Å². The molecule has 2 unspecified atom stereocenters. The van der Waals surface area contributed by atoms with Gasteiger partial charge >= 0.3 is 0 Å². The molecule has 0 spiro atoms. The maximum Gasteiger partial charge on any atom is 0.257 e. The molecule has 0 bridgehead atoms. The molecule has 2 aliphatic rings. The number of hydrogen-bond acceptors (Lipinski definition) is 4. The number of rotatable bonds is 3. The lowest BCUT2D eigenvalue weighted by Gasteiger charge is -2.34. The van der Waals surface area contributed by atoms with Crippen LogP contribution in [0, 0.1) is 11.7 Å².